The zero-order chi connectivity index (χ0) is 24.9. The number of thiophene rings is 1. The number of tetrazole rings is 1. The Hall–Kier alpha value is -3.47. The molecule has 3 aromatic rings. The molecular formula is C23H30N6O4S. The van der Waals surface area contributed by atoms with Crippen molar-refractivity contribution in [3.8, 4) is 22.9 Å². The van der Waals surface area contributed by atoms with Gasteiger partial charge in [0.05, 0.1) is 20.8 Å². The highest BCUT2D eigenvalue weighted by Crippen LogP contribution is 2.30. The summed E-state index contributed by atoms with van der Waals surface area (Å²) in [5.41, 5.74) is 0.259. The molecule has 2 amide bonds. The number of rotatable bonds is 9. The molecule has 1 N–H and O–H groups in total. The van der Waals surface area contributed by atoms with Crippen molar-refractivity contribution in [3.05, 3.63) is 40.6 Å². The Bertz CT molecular complexity index is 1120. The molecule has 2 heterocycles. The third kappa shape index (κ3) is 6.31. The maximum Gasteiger partial charge on any atom is 0.247 e. The maximum absolute atomic E-state index is 13.3. The van der Waals surface area contributed by atoms with E-state index in [0.717, 1.165) is 4.88 Å². The van der Waals surface area contributed by atoms with Crippen molar-refractivity contribution in [1.29, 1.82) is 0 Å². The lowest BCUT2D eigenvalue weighted by molar-refractivity contribution is -0.142. The highest BCUT2D eigenvalue weighted by molar-refractivity contribution is 7.09. The van der Waals surface area contributed by atoms with Crippen LogP contribution < -0.4 is 14.8 Å². The van der Waals surface area contributed by atoms with Crippen LogP contribution >= 0.6 is 11.3 Å². The van der Waals surface area contributed by atoms with E-state index in [-0.39, 0.29) is 18.4 Å². The molecule has 1 atom stereocenters. The van der Waals surface area contributed by atoms with Gasteiger partial charge in [0, 0.05) is 16.0 Å². The molecule has 2 aromatic heterocycles. The Kier molecular flexibility index (Phi) is 7.87. The van der Waals surface area contributed by atoms with E-state index in [9.17, 15) is 9.59 Å². The molecule has 0 aliphatic rings. The topological polar surface area (TPSA) is 111 Å². The number of methoxy groups -OCH3 is 2. The highest BCUT2D eigenvalue weighted by Gasteiger charge is 2.29. The van der Waals surface area contributed by atoms with E-state index < -0.39 is 11.6 Å². The molecule has 0 spiro atoms. The molecule has 0 aliphatic heterocycles. The first-order valence-electron chi connectivity index (χ1n) is 10.8. The average Bonchev–Trinajstić information content (AvgIpc) is 3.47. The van der Waals surface area contributed by atoms with Gasteiger partial charge in [0.2, 0.25) is 17.6 Å². The number of amides is 2. The molecule has 1 unspecified atom stereocenters. The van der Waals surface area contributed by atoms with E-state index in [4.69, 9.17) is 9.47 Å². The molecule has 0 saturated carbocycles. The van der Waals surface area contributed by atoms with Crippen LogP contribution in [0.15, 0.2) is 35.7 Å². The number of nitrogens with zero attached hydrogens (tertiary/aromatic N) is 5. The molecular weight excluding hydrogens is 456 g/mol. The van der Waals surface area contributed by atoms with Gasteiger partial charge in [-0.1, -0.05) is 6.07 Å². The van der Waals surface area contributed by atoms with Gasteiger partial charge in [0.1, 0.15) is 12.6 Å². The number of aromatic nitrogens is 4. The molecule has 0 radical (unpaired) electrons. The number of nitrogens with one attached hydrogen (secondary N) is 1. The summed E-state index contributed by atoms with van der Waals surface area (Å²) in [6, 6.07) is 8.44. The summed E-state index contributed by atoms with van der Waals surface area (Å²) < 4.78 is 10.6. The lowest BCUT2D eigenvalue weighted by Gasteiger charge is -2.31. The minimum Gasteiger partial charge on any atom is -0.493 e. The van der Waals surface area contributed by atoms with Gasteiger partial charge < -0.3 is 19.7 Å². The first-order valence-corrected chi connectivity index (χ1v) is 11.6. The lowest BCUT2D eigenvalue weighted by Crippen LogP contribution is -2.52. The Morgan fingerprint density at radius 2 is 1.91 bits per heavy atom. The lowest BCUT2D eigenvalue weighted by atomic mass is 10.1. The van der Waals surface area contributed by atoms with E-state index >= 15 is 0 Å². The van der Waals surface area contributed by atoms with Gasteiger partial charge in [0.25, 0.3) is 0 Å². The highest BCUT2D eigenvalue weighted by atomic mass is 32.1. The number of carbonyl (C=O) groups is 2. The molecule has 1 aromatic carbocycles. The van der Waals surface area contributed by atoms with E-state index in [2.05, 4.69) is 20.7 Å². The molecule has 0 aliphatic carbocycles. The minimum absolute atomic E-state index is 0.154. The summed E-state index contributed by atoms with van der Waals surface area (Å²) in [6.07, 6.45) is 0. The van der Waals surface area contributed by atoms with Crippen LogP contribution in [0.3, 0.4) is 0 Å². The quantitative estimate of drug-likeness (QED) is 0.495. The summed E-state index contributed by atoms with van der Waals surface area (Å²) in [7, 11) is 3.10. The summed E-state index contributed by atoms with van der Waals surface area (Å²) >= 11 is 1.53. The Morgan fingerprint density at radius 3 is 2.53 bits per heavy atom. The van der Waals surface area contributed by atoms with Crippen LogP contribution in [0.25, 0.3) is 11.4 Å². The predicted octanol–water partition coefficient (Wildman–Crippen LogP) is 2.75. The van der Waals surface area contributed by atoms with Gasteiger partial charge in [0.15, 0.2) is 11.5 Å². The van der Waals surface area contributed by atoms with Gasteiger partial charge in [-0.05, 0) is 62.6 Å². The maximum atomic E-state index is 13.3. The van der Waals surface area contributed by atoms with Crippen molar-refractivity contribution in [2.75, 3.05) is 14.2 Å². The zero-order valence-corrected chi connectivity index (χ0v) is 21.0. The average molecular weight is 487 g/mol. The zero-order valence-electron chi connectivity index (χ0n) is 20.2. The second-order valence-corrected chi connectivity index (χ2v) is 9.76. The SMILES string of the molecule is COc1ccc(-c2nnn(CC(=O)N(Cc3cccs3)C(C)C(=O)NC(C)(C)C)n2)cc1OC. The predicted molar refractivity (Wildman–Crippen MR) is 129 cm³/mol. The van der Waals surface area contributed by atoms with Crippen LogP contribution in [0.5, 0.6) is 11.5 Å². The minimum atomic E-state index is -0.678. The van der Waals surface area contributed by atoms with Crippen LogP contribution in [0, 0.1) is 0 Å². The fraction of sp³-hybridized carbons (Fsp3) is 0.435. The molecule has 0 saturated heterocycles. The molecule has 10 nitrogen and oxygen atoms in total. The molecule has 182 valence electrons. The van der Waals surface area contributed by atoms with E-state index in [1.807, 2.05) is 38.3 Å². The molecule has 11 heteroatoms. The molecule has 0 bridgehead atoms. The van der Waals surface area contributed by atoms with Crippen molar-refractivity contribution in [2.45, 2.75) is 52.4 Å². The Morgan fingerprint density at radius 1 is 1.18 bits per heavy atom. The number of hydrogen-bond donors (Lipinski definition) is 1. The van der Waals surface area contributed by atoms with Crippen molar-refractivity contribution >= 4 is 23.2 Å². The Labute approximate surface area is 202 Å². The first-order chi connectivity index (χ1) is 16.1. The van der Waals surface area contributed by atoms with Gasteiger partial charge in [-0.15, -0.1) is 21.5 Å². The number of hydrogen-bond acceptors (Lipinski definition) is 8. The number of carbonyl (C=O) groups excluding carboxylic acids is 2. The summed E-state index contributed by atoms with van der Waals surface area (Å²) in [5.74, 6) is 0.946. The van der Waals surface area contributed by atoms with Crippen LogP contribution in [0.1, 0.15) is 32.6 Å². The van der Waals surface area contributed by atoms with Gasteiger partial charge in [-0.2, -0.15) is 4.80 Å². The van der Waals surface area contributed by atoms with Crippen LogP contribution in [0.4, 0.5) is 0 Å². The third-order valence-corrected chi connectivity index (χ3v) is 5.80. The molecule has 34 heavy (non-hydrogen) atoms. The van der Waals surface area contributed by atoms with E-state index in [1.54, 1.807) is 39.3 Å². The summed E-state index contributed by atoms with van der Waals surface area (Å²) in [6.45, 7) is 7.58. The third-order valence-electron chi connectivity index (χ3n) is 4.94. The largest absolute Gasteiger partial charge is 0.493 e. The van der Waals surface area contributed by atoms with Crippen molar-refractivity contribution in [2.24, 2.45) is 0 Å². The van der Waals surface area contributed by atoms with Crippen molar-refractivity contribution in [3.63, 3.8) is 0 Å². The standard InChI is InChI=1S/C23H30N6O4S/c1-15(22(31)24-23(2,3)4)28(13-17-8-7-11-34-17)20(30)14-29-26-21(25-27-29)16-9-10-18(32-5)19(12-16)33-6/h7-12,15H,13-14H2,1-6H3,(H,24,31). The fourth-order valence-electron chi connectivity index (χ4n) is 3.24. The van der Waals surface area contributed by atoms with Crippen molar-refractivity contribution in [1.82, 2.24) is 30.4 Å². The summed E-state index contributed by atoms with van der Waals surface area (Å²) in [5, 5.41) is 17.3. The van der Waals surface area contributed by atoms with Gasteiger partial charge in [-0.25, -0.2) is 0 Å². The van der Waals surface area contributed by atoms with E-state index in [0.29, 0.717) is 29.4 Å². The summed E-state index contributed by atoms with van der Waals surface area (Å²) in [4.78, 5) is 29.8. The molecule has 0 fully saturated rings. The van der Waals surface area contributed by atoms with Crippen molar-refractivity contribution < 1.29 is 19.1 Å². The van der Waals surface area contributed by atoms with Gasteiger partial charge in [-0.3, -0.25) is 9.59 Å². The first kappa shape index (κ1) is 25.2. The second kappa shape index (κ2) is 10.6. The fourth-order valence-corrected chi connectivity index (χ4v) is 3.94. The second-order valence-electron chi connectivity index (χ2n) is 8.73. The van der Waals surface area contributed by atoms with E-state index in [1.165, 1.54) is 21.0 Å². The number of ether oxygens (including phenoxy) is 2. The van der Waals surface area contributed by atoms with Crippen LogP contribution in [-0.2, 0) is 22.7 Å². The van der Waals surface area contributed by atoms with Crippen LogP contribution in [0.2, 0.25) is 0 Å². The van der Waals surface area contributed by atoms with Gasteiger partial charge >= 0.3 is 0 Å². The van der Waals surface area contributed by atoms with Crippen LogP contribution in [-0.4, -0.2) is 62.7 Å². The Balaban J connectivity index is 1.79. The number of benzene rings is 1. The molecule has 3 rings (SSSR count). The monoisotopic (exact) mass is 486 g/mol. The smallest absolute Gasteiger partial charge is 0.247 e. The normalized spacial score (nSPS) is 12.2.